The Bertz CT molecular complexity index is 582. The molecule has 0 fully saturated rings. The predicted octanol–water partition coefficient (Wildman–Crippen LogP) is 5.91. The van der Waals surface area contributed by atoms with Gasteiger partial charge in [0.1, 0.15) is 24.9 Å². The zero-order chi connectivity index (χ0) is 19.2. The van der Waals surface area contributed by atoms with Crippen molar-refractivity contribution < 1.29 is 18.8 Å². The van der Waals surface area contributed by atoms with Crippen molar-refractivity contribution in [1.82, 2.24) is 0 Å². The summed E-state index contributed by atoms with van der Waals surface area (Å²) in [7, 11) is 0.954. The number of benzene rings is 1. The van der Waals surface area contributed by atoms with E-state index in [0.717, 1.165) is 12.8 Å². The molecule has 0 saturated heterocycles. The van der Waals surface area contributed by atoms with Gasteiger partial charge in [-0.1, -0.05) is 40.7 Å². The Morgan fingerprint density at radius 1 is 1.16 bits per heavy atom. The molecule has 0 bridgehead atoms. The van der Waals surface area contributed by atoms with Crippen molar-refractivity contribution in [3.63, 3.8) is 0 Å². The molecule has 1 rings (SSSR count). The highest BCUT2D eigenvalue weighted by atomic mass is 31.1. The van der Waals surface area contributed by atoms with E-state index in [1.807, 2.05) is 6.92 Å². The van der Waals surface area contributed by atoms with Crippen LogP contribution in [0.3, 0.4) is 0 Å². The summed E-state index contributed by atoms with van der Waals surface area (Å²) in [4.78, 5) is 12.9. The van der Waals surface area contributed by atoms with E-state index in [-0.39, 0.29) is 22.2 Å². The second-order valence-corrected chi connectivity index (χ2v) is 9.62. The average Bonchev–Trinajstić information content (AvgIpc) is 2.55. The van der Waals surface area contributed by atoms with E-state index in [4.69, 9.17) is 9.47 Å². The largest absolute Gasteiger partial charge is 0.496 e. The molecule has 0 saturated carbocycles. The van der Waals surface area contributed by atoms with Gasteiger partial charge in [-0.05, 0) is 42.7 Å². The third-order valence-electron chi connectivity index (χ3n) is 4.28. The molecule has 1 radical (unpaired) electrons. The fourth-order valence-corrected chi connectivity index (χ4v) is 5.01. The normalized spacial score (nSPS) is 14.6. The van der Waals surface area contributed by atoms with Crippen LogP contribution in [-0.4, -0.2) is 25.4 Å². The molecule has 0 heterocycles. The number of methoxy groups -OCH3 is 2. The molecule has 0 aliphatic rings. The maximum absolute atomic E-state index is 13.0. The van der Waals surface area contributed by atoms with Crippen molar-refractivity contribution in [1.29, 1.82) is 0 Å². The molecule has 1 aromatic rings. The van der Waals surface area contributed by atoms with Gasteiger partial charge in [-0.2, -0.15) is 0 Å². The predicted molar refractivity (Wildman–Crippen MR) is 103 cm³/mol. The maximum atomic E-state index is 13.0. The number of hydrogen-bond acceptors (Lipinski definition) is 4. The first-order valence-corrected chi connectivity index (χ1v) is 10.2. The Balaban J connectivity index is 3.02. The van der Waals surface area contributed by atoms with Crippen LogP contribution in [0, 0.1) is 11.3 Å². The van der Waals surface area contributed by atoms with Crippen molar-refractivity contribution in [3.05, 3.63) is 23.8 Å². The lowest BCUT2D eigenvalue weighted by atomic mass is 9.83. The minimum absolute atomic E-state index is 0.130. The van der Waals surface area contributed by atoms with Crippen molar-refractivity contribution >= 4 is 13.3 Å². The highest BCUT2D eigenvalue weighted by Gasteiger charge is 2.30. The third kappa shape index (κ3) is 6.11. The first-order valence-electron chi connectivity index (χ1n) is 8.86. The highest BCUT2D eigenvalue weighted by molar-refractivity contribution is 7.65. The molecule has 0 aromatic heterocycles. The van der Waals surface area contributed by atoms with Crippen LogP contribution in [0.4, 0.5) is 0 Å². The van der Waals surface area contributed by atoms with Crippen LogP contribution in [0.2, 0.25) is 0 Å². The second-order valence-electron chi connectivity index (χ2n) is 7.84. The van der Waals surface area contributed by atoms with E-state index in [9.17, 15) is 9.36 Å². The highest BCUT2D eigenvalue weighted by Crippen LogP contribution is 2.44. The Morgan fingerprint density at radius 3 is 2.08 bits per heavy atom. The van der Waals surface area contributed by atoms with Gasteiger partial charge in [0, 0.05) is 5.66 Å². The zero-order valence-electron chi connectivity index (χ0n) is 16.6. The first-order chi connectivity index (χ1) is 11.6. The molecule has 0 N–H and O–H groups in total. The van der Waals surface area contributed by atoms with E-state index in [1.165, 1.54) is 14.2 Å². The zero-order valence-corrected chi connectivity index (χ0v) is 17.5. The smallest absolute Gasteiger partial charge is 0.249 e. The summed E-state index contributed by atoms with van der Waals surface area (Å²) < 4.78 is 23.6. The van der Waals surface area contributed by atoms with Crippen LogP contribution in [0.5, 0.6) is 11.5 Å². The Labute approximate surface area is 153 Å². The van der Waals surface area contributed by atoms with E-state index in [0.29, 0.717) is 23.8 Å². The lowest BCUT2D eigenvalue weighted by molar-refractivity contribution is 0.107. The molecular weight excluding hydrogens is 335 g/mol. The SMILES string of the molecule is CCC(CC(C)CC(C)(C)C)[P](=O)C(=O)c1c(OC)cccc1OC. The molecule has 0 aliphatic carbocycles. The van der Waals surface area contributed by atoms with Gasteiger partial charge in [0.15, 0.2) is 0 Å². The summed E-state index contributed by atoms with van der Waals surface area (Å²) >= 11 is 0. The van der Waals surface area contributed by atoms with Crippen LogP contribution >= 0.6 is 7.80 Å². The summed E-state index contributed by atoms with van der Waals surface area (Å²) in [5, 5.41) is 0. The number of rotatable bonds is 9. The minimum Gasteiger partial charge on any atom is -0.496 e. The molecule has 0 amide bonds. The lowest BCUT2D eigenvalue weighted by Gasteiger charge is -2.25. The summed E-state index contributed by atoms with van der Waals surface area (Å²) in [6.07, 6.45) is 2.54. The average molecular weight is 367 g/mol. The fraction of sp³-hybridized carbons (Fsp3) is 0.650. The third-order valence-corrected chi connectivity index (χ3v) is 6.14. The van der Waals surface area contributed by atoms with E-state index in [1.54, 1.807) is 18.2 Å². The van der Waals surface area contributed by atoms with Gasteiger partial charge < -0.3 is 9.47 Å². The first kappa shape index (κ1) is 21.6. The molecule has 3 atom stereocenters. The lowest BCUT2D eigenvalue weighted by Crippen LogP contribution is -2.17. The molecule has 1 aromatic carbocycles. The maximum Gasteiger partial charge on any atom is 0.249 e. The Hall–Kier alpha value is -1.41. The number of ether oxygens (including phenoxy) is 2. The van der Waals surface area contributed by atoms with E-state index >= 15 is 0 Å². The summed E-state index contributed by atoms with van der Waals surface area (Å²) in [6, 6.07) is 5.15. The van der Waals surface area contributed by atoms with Crippen molar-refractivity contribution in [2.45, 2.75) is 59.5 Å². The number of carbonyl (C=O) groups excluding carboxylic acids is 1. The fourth-order valence-electron chi connectivity index (χ4n) is 3.36. The molecule has 5 heteroatoms. The standard InChI is InChI=1S/C20H32O4P/c1-8-15(12-14(2)13-20(3,4)5)25(22)19(21)18-16(23-6)10-9-11-17(18)24-7/h9-11,14-15H,8,12-13H2,1-7H3. The van der Waals surface area contributed by atoms with Crippen LogP contribution in [-0.2, 0) is 4.57 Å². The van der Waals surface area contributed by atoms with Crippen molar-refractivity contribution in [2.24, 2.45) is 11.3 Å². The molecule has 4 nitrogen and oxygen atoms in total. The van der Waals surface area contributed by atoms with Gasteiger partial charge in [-0.3, -0.25) is 9.36 Å². The van der Waals surface area contributed by atoms with Crippen molar-refractivity contribution in [3.8, 4) is 11.5 Å². The van der Waals surface area contributed by atoms with Gasteiger partial charge in [0.25, 0.3) is 0 Å². The van der Waals surface area contributed by atoms with Gasteiger partial charge in [0.2, 0.25) is 5.52 Å². The van der Waals surface area contributed by atoms with Crippen LogP contribution in [0.15, 0.2) is 18.2 Å². The van der Waals surface area contributed by atoms with Crippen LogP contribution in [0.25, 0.3) is 0 Å². The summed E-state index contributed by atoms with van der Waals surface area (Å²) in [5.41, 5.74) is 0.00304. The van der Waals surface area contributed by atoms with E-state index in [2.05, 4.69) is 27.7 Å². The quantitative estimate of drug-likeness (QED) is 0.509. The van der Waals surface area contributed by atoms with Gasteiger partial charge in [-0.15, -0.1) is 0 Å². The number of hydrogen-bond donors (Lipinski definition) is 0. The second kappa shape index (κ2) is 9.33. The molecule has 141 valence electrons. The molecule has 0 aliphatic heterocycles. The summed E-state index contributed by atoms with van der Waals surface area (Å²) in [6.45, 7) is 10.8. The molecule has 25 heavy (non-hydrogen) atoms. The molecule has 3 unspecified atom stereocenters. The Morgan fingerprint density at radius 2 is 1.68 bits per heavy atom. The van der Waals surface area contributed by atoms with Gasteiger partial charge in [0.05, 0.1) is 14.2 Å². The summed E-state index contributed by atoms with van der Waals surface area (Å²) in [5.74, 6) is 1.23. The minimum atomic E-state index is -2.05. The van der Waals surface area contributed by atoms with Gasteiger partial charge in [-0.25, -0.2) is 0 Å². The molecule has 0 spiro atoms. The van der Waals surface area contributed by atoms with E-state index < -0.39 is 7.80 Å². The van der Waals surface area contributed by atoms with Gasteiger partial charge >= 0.3 is 0 Å². The topological polar surface area (TPSA) is 52.6 Å². The van der Waals surface area contributed by atoms with Crippen LogP contribution in [0.1, 0.15) is 64.2 Å². The van der Waals surface area contributed by atoms with Crippen molar-refractivity contribution in [2.75, 3.05) is 14.2 Å². The Kier molecular flexibility index (Phi) is 8.08. The van der Waals surface area contributed by atoms with Crippen LogP contribution < -0.4 is 9.47 Å². The number of carbonyl (C=O) groups is 1. The monoisotopic (exact) mass is 367 g/mol. The molecular formula is C20H32O4P.